The number of fused-ring (bicyclic) bond motifs is 1. The number of benzene rings is 2. The number of carbonyl (C=O) groups excluding carboxylic acids is 1. The molecular formula is C18H14BrNO3. The van der Waals surface area contributed by atoms with Gasteiger partial charge in [0.2, 0.25) is 0 Å². The van der Waals surface area contributed by atoms with E-state index in [2.05, 4.69) is 21.2 Å². The van der Waals surface area contributed by atoms with Gasteiger partial charge >= 0.3 is 5.63 Å². The van der Waals surface area contributed by atoms with Crippen molar-refractivity contribution in [1.29, 1.82) is 0 Å². The van der Waals surface area contributed by atoms with Gasteiger partial charge in [-0.2, -0.15) is 0 Å². The van der Waals surface area contributed by atoms with Gasteiger partial charge in [0.15, 0.2) is 0 Å². The van der Waals surface area contributed by atoms with Crippen molar-refractivity contribution in [3.8, 4) is 0 Å². The number of nitrogens with one attached hydrogen (secondary N) is 1. The Morgan fingerprint density at radius 2 is 1.87 bits per heavy atom. The summed E-state index contributed by atoms with van der Waals surface area (Å²) in [6.07, 6.45) is 0.705. The predicted octanol–water partition coefficient (Wildman–Crippen LogP) is 3.53. The summed E-state index contributed by atoms with van der Waals surface area (Å²) in [5.41, 5.74) is 0.974. The molecule has 0 fully saturated rings. The van der Waals surface area contributed by atoms with Crippen LogP contribution in [0.1, 0.15) is 15.9 Å². The number of hydrogen-bond donors (Lipinski definition) is 1. The van der Waals surface area contributed by atoms with Gasteiger partial charge in [-0.1, -0.05) is 46.3 Å². The van der Waals surface area contributed by atoms with Crippen molar-refractivity contribution in [1.82, 2.24) is 5.32 Å². The molecule has 0 radical (unpaired) electrons. The van der Waals surface area contributed by atoms with Crippen LogP contribution in [0.4, 0.5) is 0 Å². The number of amides is 1. The highest BCUT2D eigenvalue weighted by molar-refractivity contribution is 9.10. The maximum atomic E-state index is 12.2. The van der Waals surface area contributed by atoms with Gasteiger partial charge in [0.25, 0.3) is 5.91 Å². The zero-order valence-corrected chi connectivity index (χ0v) is 13.8. The van der Waals surface area contributed by atoms with Crippen molar-refractivity contribution in [2.75, 3.05) is 6.54 Å². The number of halogens is 1. The summed E-state index contributed by atoms with van der Waals surface area (Å²) < 4.78 is 6.05. The summed E-state index contributed by atoms with van der Waals surface area (Å²) in [6, 6.07) is 16.7. The Morgan fingerprint density at radius 1 is 1.09 bits per heavy atom. The molecule has 1 N–H and O–H groups in total. The van der Waals surface area contributed by atoms with E-state index in [-0.39, 0.29) is 5.56 Å². The third-order valence-corrected chi connectivity index (χ3v) is 3.97. The minimum atomic E-state index is -0.628. The van der Waals surface area contributed by atoms with Crippen LogP contribution in [0, 0.1) is 0 Å². The smallest absolute Gasteiger partial charge is 0.349 e. The quantitative estimate of drug-likeness (QED) is 0.713. The standard InChI is InChI=1S/C18H14BrNO3/c19-14-6-7-16-13(10-14)11-15(18(22)23-16)17(21)20-9-8-12-4-2-1-3-5-12/h1-7,10-11H,8-9H2,(H,20,21). The fourth-order valence-corrected chi connectivity index (χ4v) is 2.69. The Hall–Kier alpha value is -2.40. The van der Waals surface area contributed by atoms with E-state index in [1.165, 1.54) is 0 Å². The van der Waals surface area contributed by atoms with Crippen LogP contribution in [0.2, 0.25) is 0 Å². The Kier molecular flexibility index (Phi) is 4.57. The highest BCUT2D eigenvalue weighted by Gasteiger charge is 2.13. The monoisotopic (exact) mass is 371 g/mol. The van der Waals surface area contributed by atoms with E-state index >= 15 is 0 Å². The molecular weight excluding hydrogens is 358 g/mol. The lowest BCUT2D eigenvalue weighted by atomic mass is 10.1. The second-order valence-corrected chi connectivity index (χ2v) is 6.04. The summed E-state index contributed by atoms with van der Waals surface area (Å²) in [7, 11) is 0. The Bertz CT molecular complexity index is 903. The number of rotatable bonds is 4. The molecule has 3 aromatic rings. The van der Waals surface area contributed by atoms with E-state index in [0.717, 1.165) is 10.0 Å². The summed E-state index contributed by atoms with van der Waals surface area (Å²) in [4.78, 5) is 24.2. The topological polar surface area (TPSA) is 59.3 Å². The molecule has 1 amide bonds. The molecule has 116 valence electrons. The van der Waals surface area contributed by atoms with Crippen LogP contribution in [-0.2, 0) is 6.42 Å². The summed E-state index contributed by atoms with van der Waals surface area (Å²) in [6.45, 7) is 0.457. The van der Waals surface area contributed by atoms with Gasteiger partial charge in [0, 0.05) is 16.4 Å². The van der Waals surface area contributed by atoms with Crippen LogP contribution in [-0.4, -0.2) is 12.5 Å². The van der Waals surface area contributed by atoms with E-state index in [4.69, 9.17) is 4.42 Å². The van der Waals surface area contributed by atoms with Gasteiger partial charge in [-0.25, -0.2) is 4.79 Å². The van der Waals surface area contributed by atoms with Gasteiger partial charge in [-0.05, 0) is 36.2 Å². The fourth-order valence-electron chi connectivity index (χ4n) is 2.31. The van der Waals surface area contributed by atoms with Crippen molar-refractivity contribution in [2.45, 2.75) is 6.42 Å². The van der Waals surface area contributed by atoms with Crippen LogP contribution in [0.3, 0.4) is 0 Å². The van der Waals surface area contributed by atoms with Crippen LogP contribution < -0.4 is 10.9 Å². The summed E-state index contributed by atoms with van der Waals surface area (Å²) in [5, 5.41) is 3.46. The third kappa shape index (κ3) is 3.68. The van der Waals surface area contributed by atoms with E-state index in [0.29, 0.717) is 23.9 Å². The molecule has 5 heteroatoms. The lowest BCUT2D eigenvalue weighted by molar-refractivity contribution is 0.0950. The molecule has 0 aliphatic heterocycles. The summed E-state index contributed by atoms with van der Waals surface area (Å²) in [5.74, 6) is -0.420. The number of hydrogen-bond acceptors (Lipinski definition) is 3. The Morgan fingerprint density at radius 3 is 2.65 bits per heavy atom. The Labute approximate surface area is 141 Å². The second kappa shape index (κ2) is 6.79. The first-order chi connectivity index (χ1) is 11.1. The molecule has 0 bridgehead atoms. The first-order valence-corrected chi connectivity index (χ1v) is 7.98. The zero-order valence-electron chi connectivity index (χ0n) is 12.2. The van der Waals surface area contributed by atoms with E-state index in [9.17, 15) is 9.59 Å². The molecule has 0 aliphatic carbocycles. The molecule has 1 heterocycles. The van der Waals surface area contributed by atoms with Crippen LogP contribution in [0.25, 0.3) is 11.0 Å². The van der Waals surface area contributed by atoms with Gasteiger partial charge in [-0.3, -0.25) is 4.79 Å². The van der Waals surface area contributed by atoms with Crippen molar-refractivity contribution in [2.24, 2.45) is 0 Å². The van der Waals surface area contributed by atoms with Gasteiger partial charge < -0.3 is 9.73 Å². The SMILES string of the molecule is O=C(NCCc1ccccc1)c1cc2cc(Br)ccc2oc1=O. The van der Waals surface area contributed by atoms with Gasteiger partial charge in [0.1, 0.15) is 11.1 Å². The molecule has 0 unspecified atom stereocenters. The molecule has 3 rings (SSSR count). The van der Waals surface area contributed by atoms with Crippen molar-refractivity contribution >= 4 is 32.8 Å². The third-order valence-electron chi connectivity index (χ3n) is 3.48. The molecule has 0 aliphatic rings. The average Bonchev–Trinajstić information content (AvgIpc) is 2.55. The Balaban J connectivity index is 1.75. The fraction of sp³-hybridized carbons (Fsp3) is 0.111. The molecule has 0 saturated heterocycles. The van der Waals surface area contributed by atoms with Crippen LogP contribution >= 0.6 is 15.9 Å². The van der Waals surface area contributed by atoms with E-state index in [1.54, 1.807) is 24.3 Å². The first-order valence-electron chi connectivity index (χ1n) is 7.19. The van der Waals surface area contributed by atoms with Crippen LogP contribution in [0.15, 0.2) is 68.3 Å². The first kappa shape index (κ1) is 15.5. The zero-order chi connectivity index (χ0) is 16.2. The second-order valence-electron chi connectivity index (χ2n) is 5.12. The molecule has 4 nitrogen and oxygen atoms in total. The summed E-state index contributed by atoms with van der Waals surface area (Å²) >= 11 is 3.36. The highest BCUT2D eigenvalue weighted by Crippen LogP contribution is 2.19. The molecule has 0 spiro atoms. The molecule has 0 saturated carbocycles. The normalized spacial score (nSPS) is 10.7. The highest BCUT2D eigenvalue weighted by atomic mass is 79.9. The van der Waals surface area contributed by atoms with Gasteiger partial charge in [-0.15, -0.1) is 0 Å². The minimum Gasteiger partial charge on any atom is -0.422 e. The van der Waals surface area contributed by atoms with Crippen molar-refractivity contribution < 1.29 is 9.21 Å². The molecule has 1 aromatic heterocycles. The largest absolute Gasteiger partial charge is 0.422 e. The van der Waals surface area contributed by atoms with Crippen LogP contribution in [0.5, 0.6) is 0 Å². The maximum absolute atomic E-state index is 12.2. The lowest BCUT2D eigenvalue weighted by Gasteiger charge is -2.05. The molecule has 23 heavy (non-hydrogen) atoms. The number of carbonyl (C=O) groups is 1. The minimum absolute atomic E-state index is 0.0173. The molecule has 2 aromatic carbocycles. The van der Waals surface area contributed by atoms with Crippen molar-refractivity contribution in [3.63, 3.8) is 0 Å². The van der Waals surface area contributed by atoms with E-state index < -0.39 is 11.5 Å². The molecule has 0 atom stereocenters. The van der Waals surface area contributed by atoms with E-state index in [1.807, 2.05) is 30.3 Å². The predicted molar refractivity (Wildman–Crippen MR) is 92.7 cm³/mol. The van der Waals surface area contributed by atoms with Gasteiger partial charge in [0.05, 0.1) is 0 Å². The maximum Gasteiger partial charge on any atom is 0.349 e. The lowest BCUT2D eigenvalue weighted by Crippen LogP contribution is -2.29. The average molecular weight is 372 g/mol. The van der Waals surface area contributed by atoms with Crippen molar-refractivity contribution in [3.05, 3.63) is 80.6 Å².